The minimum absolute atomic E-state index is 0.0146. The number of hydrogen-bond donors (Lipinski definition) is 1. The second-order valence-corrected chi connectivity index (χ2v) is 5.78. The smallest absolute Gasteiger partial charge is 0.137 e. The fraction of sp³-hybridized carbons (Fsp3) is 0.250. The summed E-state index contributed by atoms with van der Waals surface area (Å²) in [6, 6.07) is 8.68. The van der Waals surface area contributed by atoms with Crippen LogP contribution in [0.25, 0.3) is 0 Å². The first-order valence-electron chi connectivity index (χ1n) is 6.47. The molecular weight excluding hydrogens is 342 g/mol. The van der Waals surface area contributed by atoms with Gasteiger partial charge in [-0.1, -0.05) is 12.1 Å². The van der Waals surface area contributed by atoms with Crippen LogP contribution in [-0.4, -0.2) is 11.2 Å². The molecule has 2 aromatic carbocycles. The van der Waals surface area contributed by atoms with Gasteiger partial charge < -0.3 is 9.84 Å². The van der Waals surface area contributed by atoms with Crippen LogP contribution in [0.5, 0.6) is 5.75 Å². The first-order chi connectivity index (χ1) is 9.88. The lowest BCUT2D eigenvalue weighted by Crippen LogP contribution is -2.07. The van der Waals surface area contributed by atoms with Crippen LogP contribution >= 0.6 is 15.9 Å². The molecule has 5 heteroatoms. The molecule has 0 heterocycles. The van der Waals surface area contributed by atoms with E-state index in [-0.39, 0.29) is 16.1 Å². The van der Waals surface area contributed by atoms with Crippen molar-refractivity contribution in [3.63, 3.8) is 0 Å². The van der Waals surface area contributed by atoms with Gasteiger partial charge in [0, 0.05) is 5.56 Å². The number of halogens is 3. The lowest BCUT2D eigenvalue weighted by molar-refractivity contribution is 0.211. The summed E-state index contributed by atoms with van der Waals surface area (Å²) in [6.45, 7) is 3.76. The number of benzene rings is 2. The molecule has 0 aliphatic carbocycles. The van der Waals surface area contributed by atoms with Gasteiger partial charge in [0.05, 0.1) is 10.6 Å². The Balaban J connectivity index is 2.36. The zero-order valence-electron chi connectivity index (χ0n) is 11.6. The summed E-state index contributed by atoms with van der Waals surface area (Å²) < 4.78 is 33.0. The van der Waals surface area contributed by atoms with Crippen molar-refractivity contribution in [2.45, 2.75) is 26.1 Å². The van der Waals surface area contributed by atoms with Gasteiger partial charge in [0.15, 0.2) is 0 Å². The van der Waals surface area contributed by atoms with Gasteiger partial charge in [-0.15, -0.1) is 0 Å². The van der Waals surface area contributed by atoms with Gasteiger partial charge in [-0.25, -0.2) is 8.78 Å². The van der Waals surface area contributed by atoms with Crippen molar-refractivity contribution < 1.29 is 18.6 Å². The Labute approximate surface area is 130 Å². The predicted octanol–water partition coefficient (Wildman–Crippen LogP) is 4.60. The molecule has 1 N–H and O–H groups in total. The summed E-state index contributed by atoms with van der Waals surface area (Å²) in [6.07, 6.45) is -1.28. The van der Waals surface area contributed by atoms with Crippen LogP contribution < -0.4 is 4.74 Å². The molecule has 0 saturated carbocycles. The van der Waals surface area contributed by atoms with E-state index in [1.165, 1.54) is 0 Å². The fourth-order valence-electron chi connectivity index (χ4n) is 1.96. The van der Waals surface area contributed by atoms with E-state index in [0.717, 1.165) is 12.1 Å². The molecule has 1 unspecified atom stereocenters. The van der Waals surface area contributed by atoms with Gasteiger partial charge >= 0.3 is 0 Å². The van der Waals surface area contributed by atoms with Crippen LogP contribution in [0.1, 0.15) is 31.1 Å². The number of aliphatic hydroxyl groups excluding tert-OH is 1. The minimum Gasteiger partial charge on any atom is -0.491 e. The van der Waals surface area contributed by atoms with Crippen LogP contribution in [0, 0.1) is 11.6 Å². The van der Waals surface area contributed by atoms with Gasteiger partial charge in [-0.2, -0.15) is 0 Å². The first-order valence-corrected chi connectivity index (χ1v) is 7.27. The molecule has 0 aliphatic heterocycles. The van der Waals surface area contributed by atoms with Crippen molar-refractivity contribution in [1.29, 1.82) is 0 Å². The molecule has 0 radical (unpaired) electrons. The molecule has 2 aromatic rings. The monoisotopic (exact) mass is 356 g/mol. The highest BCUT2D eigenvalue weighted by atomic mass is 79.9. The Hall–Kier alpha value is -1.46. The summed E-state index contributed by atoms with van der Waals surface area (Å²) >= 11 is 2.91. The summed E-state index contributed by atoms with van der Waals surface area (Å²) in [4.78, 5) is 0. The molecule has 2 rings (SSSR count). The van der Waals surface area contributed by atoms with Crippen LogP contribution in [0.15, 0.2) is 40.9 Å². The second-order valence-electron chi connectivity index (χ2n) is 4.93. The molecule has 0 bridgehead atoms. The summed E-state index contributed by atoms with van der Waals surface area (Å²) in [7, 11) is 0. The van der Waals surface area contributed by atoms with Gasteiger partial charge in [-0.05, 0) is 59.6 Å². The molecule has 0 spiro atoms. The predicted molar refractivity (Wildman–Crippen MR) is 80.3 cm³/mol. The van der Waals surface area contributed by atoms with Crippen LogP contribution in [0.2, 0.25) is 0 Å². The highest BCUT2D eigenvalue weighted by molar-refractivity contribution is 9.10. The average molecular weight is 357 g/mol. The molecule has 0 aliphatic rings. The fourth-order valence-corrected chi connectivity index (χ4v) is 2.27. The highest BCUT2D eigenvalue weighted by Crippen LogP contribution is 2.30. The topological polar surface area (TPSA) is 29.5 Å². The number of hydrogen-bond acceptors (Lipinski definition) is 2. The minimum atomic E-state index is -1.26. The molecule has 0 amide bonds. The van der Waals surface area contributed by atoms with Crippen molar-refractivity contribution in [1.82, 2.24) is 0 Å². The van der Waals surface area contributed by atoms with Crippen LogP contribution in [0.4, 0.5) is 8.78 Å². The zero-order valence-corrected chi connectivity index (χ0v) is 13.2. The SMILES string of the molecule is CC(C)Oc1cccc(C(O)c2cc(F)c(Br)cc2F)c1. The van der Waals surface area contributed by atoms with Gasteiger partial charge in [0.2, 0.25) is 0 Å². The zero-order chi connectivity index (χ0) is 15.6. The van der Waals surface area contributed by atoms with E-state index in [1.54, 1.807) is 24.3 Å². The molecule has 21 heavy (non-hydrogen) atoms. The maximum Gasteiger partial charge on any atom is 0.137 e. The third-order valence-electron chi connectivity index (χ3n) is 2.88. The summed E-state index contributed by atoms with van der Waals surface area (Å²) in [5, 5.41) is 10.3. The third-order valence-corrected chi connectivity index (χ3v) is 3.49. The molecule has 0 saturated heterocycles. The van der Waals surface area contributed by atoms with E-state index in [4.69, 9.17) is 4.74 Å². The van der Waals surface area contributed by atoms with Gasteiger partial charge in [0.25, 0.3) is 0 Å². The Morgan fingerprint density at radius 3 is 2.48 bits per heavy atom. The van der Waals surface area contributed by atoms with Gasteiger partial charge in [-0.3, -0.25) is 0 Å². The first kappa shape index (κ1) is 15.9. The summed E-state index contributed by atoms with van der Waals surface area (Å²) in [5.74, 6) is -0.731. The Morgan fingerprint density at radius 1 is 1.10 bits per heavy atom. The molecule has 2 nitrogen and oxygen atoms in total. The number of ether oxygens (including phenoxy) is 1. The quantitative estimate of drug-likeness (QED) is 0.811. The van der Waals surface area contributed by atoms with Crippen molar-refractivity contribution in [3.8, 4) is 5.75 Å². The van der Waals surface area contributed by atoms with E-state index < -0.39 is 17.7 Å². The van der Waals surface area contributed by atoms with Crippen molar-refractivity contribution in [3.05, 3.63) is 63.6 Å². The van der Waals surface area contributed by atoms with Crippen molar-refractivity contribution in [2.75, 3.05) is 0 Å². The van der Waals surface area contributed by atoms with E-state index in [1.807, 2.05) is 13.8 Å². The molecule has 0 aromatic heterocycles. The Morgan fingerprint density at radius 2 is 1.81 bits per heavy atom. The van der Waals surface area contributed by atoms with E-state index in [9.17, 15) is 13.9 Å². The third kappa shape index (κ3) is 3.80. The maximum absolute atomic E-state index is 13.9. The average Bonchev–Trinajstić information content (AvgIpc) is 2.41. The lowest BCUT2D eigenvalue weighted by atomic mass is 10.0. The van der Waals surface area contributed by atoms with Crippen LogP contribution in [0.3, 0.4) is 0 Å². The van der Waals surface area contributed by atoms with Gasteiger partial charge in [0.1, 0.15) is 23.5 Å². The largest absolute Gasteiger partial charge is 0.491 e. The molecular formula is C16H15BrF2O2. The molecule has 112 valence electrons. The van der Waals surface area contributed by atoms with E-state index in [0.29, 0.717) is 11.3 Å². The molecule has 1 atom stereocenters. The lowest BCUT2D eigenvalue weighted by Gasteiger charge is -2.15. The molecule has 0 fully saturated rings. The van der Waals surface area contributed by atoms with E-state index >= 15 is 0 Å². The summed E-state index contributed by atoms with van der Waals surface area (Å²) in [5.41, 5.74) is 0.325. The number of aliphatic hydroxyl groups is 1. The Bertz CT molecular complexity index is 644. The Kier molecular flexibility index (Phi) is 4.96. The van der Waals surface area contributed by atoms with E-state index in [2.05, 4.69) is 15.9 Å². The second kappa shape index (κ2) is 6.54. The van der Waals surface area contributed by atoms with Crippen molar-refractivity contribution >= 4 is 15.9 Å². The number of rotatable bonds is 4. The normalized spacial score (nSPS) is 12.5. The van der Waals surface area contributed by atoms with Crippen LogP contribution in [-0.2, 0) is 0 Å². The maximum atomic E-state index is 13.9. The standard InChI is InChI=1S/C16H15BrF2O2/c1-9(2)21-11-5-3-4-10(6-11)16(20)12-7-15(19)13(17)8-14(12)18/h3-9,16,20H,1-2H3. The highest BCUT2D eigenvalue weighted by Gasteiger charge is 2.18. The van der Waals surface area contributed by atoms with Crippen molar-refractivity contribution in [2.24, 2.45) is 0 Å².